The van der Waals surface area contributed by atoms with Gasteiger partial charge in [0, 0.05) is 46.3 Å². The van der Waals surface area contributed by atoms with Crippen LogP contribution in [0.15, 0.2) is 170 Å². The largest absolute Gasteiger partial charge is 0.135 e. The third-order valence-electron chi connectivity index (χ3n) is 9.68. The van der Waals surface area contributed by atoms with E-state index in [2.05, 4.69) is 170 Å². The van der Waals surface area contributed by atoms with E-state index in [0.29, 0.717) is 0 Å². The van der Waals surface area contributed by atoms with Crippen molar-refractivity contribution in [3.8, 4) is 43.8 Å². The Bertz CT molecular complexity index is 2750. The van der Waals surface area contributed by atoms with Gasteiger partial charge in [0.25, 0.3) is 0 Å². The molecule has 2 heteroatoms. The molecule has 0 saturated heterocycles. The van der Waals surface area contributed by atoms with Crippen molar-refractivity contribution in [2.24, 2.45) is 0 Å². The van der Waals surface area contributed by atoms with Crippen molar-refractivity contribution in [1.82, 2.24) is 0 Å². The topological polar surface area (TPSA) is 0 Å². The molecule has 0 aliphatic carbocycles. The molecular weight excluding hydrogens is 617 g/mol. The molecule has 224 valence electrons. The molecule has 2 heterocycles. The molecule has 10 rings (SSSR count). The summed E-state index contributed by atoms with van der Waals surface area (Å²) in [6, 6.07) is 62.3. The zero-order chi connectivity index (χ0) is 31.6. The Balaban J connectivity index is 1.33. The van der Waals surface area contributed by atoms with Crippen LogP contribution in [0, 0.1) is 0 Å². The first kappa shape index (κ1) is 27.6. The zero-order valence-corrected chi connectivity index (χ0v) is 27.6. The van der Waals surface area contributed by atoms with Gasteiger partial charge in [-0.2, -0.15) is 0 Å². The molecule has 0 amide bonds. The summed E-state index contributed by atoms with van der Waals surface area (Å²) < 4.78 is 4.00. The van der Waals surface area contributed by atoms with Gasteiger partial charge in [0.1, 0.15) is 0 Å². The molecule has 0 aliphatic rings. The first-order chi connectivity index (χ1) is 23.8. The number of rotatable bonds is 4. The lowest BCUT2D eigenvalue weighted by atomic mass is 9.85. The molecule has 0 spiro atoms. The second-order valence-corrected chi connectivity index (χ2v) is 14.4. The highest BCUT2D eigenvalue weighted by Crippen LogP contribution is 2.52. The maximum atomic E-state index is 2.35. The van der Waals surface area contributed by atoms with Gasteiger partial charge in [-0.25, -0.2) is 0 Å². The van der Waals surface area contributed by atoms with E-state index in [1.165, 1.54) is 95.6 Å². The van der Waals surface area contributed by atoms with Crippen molar-refractivity contribution < 1.29 is 0 Å². The molecule has 48 heavy (non-hydrogen) atoms. The molecule has 0 saturated carbocycles. The molecule has 0 radical (unpaired) electrons. The lowest BCUT2D eigenvalue weighted by molar-refractivity contribution is 1.66. The Morgan fingerprint density at radius 1 is 0.292 bits per heavy atom. The van der Waals surface area contributed by atoms with Crippen molar-refractivity contribution in [2.45, 2.75) is 0 Å². The molecule has 0 nitrogen and oxygen atoms in total. The number of thiophene rings is 2. The Morgan fingerprint density at radius 2 is 0.750 bits per heavy atom. The standard InChI is InChI=1S/C46H28S2/c1-4-15-29(16-5-1)40-32-21-10-12-23-34(32)42(35-24-13-11-22-33(35)40)36-25-14-26-37-43-38(48-46(36)37)27-28-39-44(43)41(30-17-6-2-7-18-30)45(47-39)31-19-8-3-9-20-31/h1-28H. The maximum Gasteiger partial charge on any atom is 0.0434 e. The maximum absolute atomic E-state index is 2.35. The van der Waals surface area contributed by atoms with Crippen LogP contribution in [0.1, 0.15) is 0 Å². The molecule has 8 aromatic carbocycles. The molecule has 2 aromatic heterocycles. The van der Waals surface area contributed by atoms with E-state index in [0.717, 1.165) is 0 Å². The van der Waals surface area contributed by atoms with Crippen LogP contribution in [0.5, 0.6) is 0 Å². The number of hydrogen-bond donors (Lipinski definition) is 0. The Hall–Kier alpha value is -5.54. The fraction of sp³-hybridized carbons (Fsp3) is 0. The van der Waals surface area contributed by atoms with Crippen LogP contribution in [0.2, 0.25) is 0 Å². The predicted octanol–water partition coefficient (Wildman–Crippen LogP) is 14.2. The van der Waals surface area contributed by atoms with E-state index in [4.69, 9.17) is 0 Å². The Morgan fingerprint density at radius 3 is 1.33 bits per heavy atom. The van der Waals surface area contributed by atoms with E-state index in [9.17, 15) is 0 Å². The minimum atomic E-state index is 1.25. The van der Waals surface area contributed by atoms with E-state index >= 15 is 0 Å². The summed E-state index contributed by atoms with van der Waals surface area (Å²) in [5, 5.41) is 9.20. The highest BCUT2D eigenvalue weighted by Gasteiger charge is 2.23. The fourth-order valence-corrected chi connectivity index (χ4v) is 10.2. The molecule has 0 fully saturated rings. The van der Waals surface area contributed by atoms with Gasteiger partial charge in [-0.1, -0.05) is 158 Å². The number of benzene rings is 8. The fourth-order valence-electron chi connectivity index (χ4n) is 7.68. The summed E-state index contributed by atoms with van der Waals surface area (Å²) in [6.07, 6.45) is 0. The average Bonchev–Trinajstić information content (AvgIpc) is 3.74. The summed E-state index contributed by atoms with van der Waals surface area (Å²) in [6.45, 7) is 0. The molecule has 0 N–H and O–H groups in total. The summed E-state index contributed by atoms with van der Waals surface area (Å²) in [5.74, 6) is 0. The van der Waals surface area contributed by atoms with Gasteiger partial charge in [-0.15, -0.1) is 22.7 Å². The van der Waals surface area contributed by atoms with Crippen LogP contribution in [-0.4, -0.2) is 0 Å². The van der Waals surface area contributed by atoms with E-state index < -0.39 is 0 Å². The third kappa shape index (κ3) is 4.13. The van der Waals surface area contributed by atoms with Gasteiger partial charge in [0.2, 0.25) is 0 Å². The van der Waals surface area contributed by atoms with Crippen LogP contribution in [-0.2, 0) is 0 Å². The van der Waals surface area contributed by atoms with Crippen molar-refractivity contribution >= 4 is 74.5 Å². The molecular formula is C46H28S2. The molecule has 0 bridgehead atoms. The van der Waals surface area contributed by atoms with E-state index in [1.807, 2.05) is 22.7 Å². The average molecular weight is 645 g/mol. The van der Waals surface area contributed by atoms with Gasteiger partial charge < -0.3 is 0 Å². The van der Waals surface area contributed by atoms with E-state index in [-0.39, 0.29) is 0 Å². The first-order valence-corrected chi connectivity index (χ1v) is 18.0. The van der Waals surface area contributed by atoms with Gasteiger partial charge in [-0.05, 0) is 61.5 Å². The van der Waals surface area contributed by atoms with Crippen LogP contribution >= 0.6 is 22.7 Å². The van der Waals surface area contributed by atoms with Crippen LogP contribution < -0.4 is 0 Å². The minimum Gasteiger partial charge on any atom is -0.135 e. The van der Waals surface area contributed by atoms with Gasteiger partial charge in [0.05, 0.1) is 0 Å². The second-order valence-electron chi connectivity index (χ2n) is 12.3. The number of hydrogen-bond acceptors (Lipinski definition) is 2. The predicted molar refractivity (Wildman–Crippen MR) is 211 cm³/mol. The second kappa shape index (κ2) is 11.0. The van der Waals surface area contributed by atoms with Crippen molar-refractivity contribution in [1.29, 1.82) is 0 Å². The van der Waals surface area contributed by atoms with Gasteiger partial charge in [0.15, 0.2) is 0 Å². The van der Waals surface area contributed by atoms with Crippen molar-refractivity contribution in [2.75, 3.05) is 0 Å². The lowest BCUT2D eigenvalue weighted by Gasteiger charge is -2.18. The van der Waals surface area contributed by atoms with E-state index in [1.54, 1.807) is 0 Å². The SMILES string of the molecule is c1ccc(-c2sc3ccc4sc5c(-c6c7ccccc7c(-c7ccccc7)c7ccccc67)cccc5c4c3c2-c2ccccc2)cc1. The lowest BCUT2D eigenvalue weighted by Crippen LogP contribution is -1.90. The number of fused-ring (bicyclic) bond motifs is 7. The highest BCUT2D eigenvalue weighted by molar-refractivity contribution is 7.27. The summed E-state index contributed by atoms with van der Waals surface area (Å²) in [5.41, 5.74) is 9.03. The third-order valence-corrected chi connectivity index (χ3v) is 12.1. The minimum absolute atomic E-state index is 1.25. The first-order valence-electron chi connectivity index (χ1n) is 16.4. The normalized spacial score (nSPS) is 11.8. The Kier molecular flexibility index (Phi) is 6.33. The van der Waals surface area contributed by atoms with Gasteiger partial charge >= 0.3 is 0 Å². The molecule has 0 atom stereocenters. The van der Waals surface area contributed by atoms with Gasteiger partial charge in [-0.3, -0.25) is 0 Å². The molecule has 0 aliphatic heterocycles. The molecule has 10 aromatic rings. The van der Waals surface area contributed by atoms with Crippen LogP contribution in [0.3, 0.4) is 0 Å². The highest BCUT2D eigenvalue weighted by atomic mass is 32.1. The van der Waals surface area contributed by atoms with Crippen molar-refractivity contribution in [3.63, 3.8) is 0 Å². The van der Waals surface area contributed by atoms with Crippen molar-refractivity contribution in [3.05, 3.63) is 170 Å². The summed E-state index contributed by atoms with van der Waals surface area (Å²) >= 11 is 3.84. The summed E-state index contributed by atoms with van der Waals surface area (Å²) in [4.78, 5) is 1.33. The van der Waals surface area contributed by atoms with Crippen LogP contribution in [0.25, 0.3) is 95.6 Å². The monoisotopic (exact) mass is 644 g/mol. The molecule has 0 unspecified atom stereocenters. The smallest absolute Gasteiger partial charge is 0.0434 e. The summed E-state index contributed by atoms with van der Waals surface area (Å²) in [7, 11) is 0. The Labute approximate surface area is 286 Å². The zero-order valence-electron chi connectivity index (χ0n) is 26.0. The van der Waals surface area contributed by atoms with Crippen LogP contribution in [0.4, 0.5) is 0 Å². The quantitative estimate of drug-likeness (QED) is 0.167.